The zero-order valence-corrected chi connectivity index (χ0v) is 7.83. The lowest BCUT2D eigenvalue weighted by atomic mass is 10.2. The maximum atomic E-state index is 10.9. The highest BCUT2D eigenvalue weighted by atomic mass is 16.2. The molecule has 0 aromatic rings. The van der Waals surface area contributed by atoms with Gasteiger partial charge in [0.2, 0.25) is 11.8 Å². The van der Waals surface area contributed by atoms with Gasteiger partial charge >= 0.3 is 0 Å². The zero-order chi connectivity index (χ0) is 9.72. The Bertz CT molecular complexity index is 178. The van der Waals surface area contributed by atoms with Crippen molar-refractivity contribution in [3.8, 4) is 0 Å². The average molecular weight is 172 g/mol. The van der Waals surface area contributed by atoms with Gasteiger partial charge in [-0.15, -0.1) is 0 Å². The van der Waals surface area contributed by atoms with Gasteiger partial charge in [-0.1, -0.05) is 13.8 Å². The fraction of sp³-hybridized carbons (Fsp3) is 0.750. The fourth-order valence-electron chi connectivity index (χ4n) is 0.933. The van der Waals surface area contributed by atoms with Crippen molar-refractivity contribution in [1.82, 2.24) is 4.90 Å². The lowest BCUT2D eigenvalue weighted by Crippen LogP contribution is -2.39. The van der Waals surface area contributed by atoms with E-state index in [0.717, 1.165) is 0 Å². The first kappa shape index (κ1) is 10.9. The third kappa shape index (κ3) is 4.71. The molecule has 0 heterocycles. The van der Waals surface area contributed by atoms with Crippen molar-refractivity contribution in [1.29, 1.82) is 0 Å². The number of nitrogens with two attached hydrogens (primary N) is 1. The second-order valence-corrected chi connectivity index (χ2v) is 3.26. The summed E-state index contributed by atoms with van der Waals surface area (Å²) in [6.07, 6.45) is 0. The fourth-order valence-corrected chi connectivity index (χ4v) is 0.933. The smallest absolute Gasteiger partial charge is 0.237 e. The van der Waals surface area contributed by atoms with Gasteiger partial charge in [-0.05, 0) is 5.92 Å². The number of hydrogen-bond donors (Lipinski definition) is 1. The monoisotopic (exact) mass is 172 g/mol. The summed E-state index contributed by atoms with van der Waals surface area (Å²) in [5, 5.41) is 0. The molecule has 0 unspecified atom stereocenters. The highest BCUT2D eigenvalue weighted by Crippen LogP contribution is 1.98. The first-order chi connectivity index (χ1) is 5.43. The number of nitrogens with zero attached hydrogens (tertiary/aromatic N) is 1. The topological polar surface area (TPSA) is 63.4 Å². The van der Waals surface area contributed by atoms with Crippen molar-refractivity contribution in [3.05, 3.63) is 0 Å². The minimum Gasteiger partial charge on any atom is -0.368 e. The van der Waals surface area contributed by atoms with E-state index < -0.39 is 5.91 Å². The zero-order valence-electron chi connectivity index (χ0n) is 7.83. The van der Waals surface area contributed by atoms with Crippen LogP contribution in [0.5, 0.6) is 0 Å². The molecular weight excluding hydrogens is 156 g/mol. The first-order valence-corrected chi connectivity index (χ1v) is 3.97. The molecule has 0 spiro atoms. The Balaban J connectivity index is 4.04. The van der Waals surface area contributed by atoms with Crippen LogP contribution in [-0.2, 0) is 9.59 Å². The molecule has 0 fully saturated rings. The molecule has 4 heteroatoms. The van der Waals surface area contributed by atoms with Crippen molar-refractivity contribution >= 4 is 11.8 Å². The van der Waals surface area contributed by atoms with E-state index in [1.165, 1.54) is 11.8 Å². The Kier molecular flexibility index (Phi) is 4.33. The van der Waals surface area contributed by atoms with Crippen molar-refractivity contribution in [3.63, 3.8) is 0 Å². The molecule has 70 valence electrons. The van der Waals surface area contributed by atoms with Crippen molar-refractivity contribution in [2.24, 2.45) is 11.7 Å². The van der Waals surface area contributed by atoms with Crippen LogP contribution in [-0.4, -0.2) is 29.8 Å². The summed E-state index contributed by atoms with van der Waals surface area (Å²) in [5.74, 6) is -0.221. The molecule has 0 saturated heterocycles. The predicted octanol–water partition coefficient (Wildman–Crippen LogP) is -0.0238. The van der Waals surface area contributed by atoms with E-state index in [9.17, 15) is 9.59 Å². The van der Waals surface area contributed by atoms with Crippen molar-refractivity contribution in [2.45, 2.75) is 20.8 Å². The third-order valence-corrected chi connectivity index (χ3v) is 1.38. The molecule has 0 aliphatic rings. The van der Waals surface area contributed by atoms with E-state index in [4.69, 9.17) is 5.73 Å². The van der Waals surface area contributed by atoms with E-state index in [1.807, 2.05) is 13.8 Å². The Morgan fingerprint density at radius 2 is 1.92 bits per heavy atom. The Morgan fingerprint density at radius 3 is 2.17 bits per heavy atom. The SMILES string of the molecule is CC(=O)N(CC(N)=O)CC(C)C. The summed E-state index contributed by atoms with van der Waals surface area (Å²) in [4.78, 5) is 22.9. The van der Waals surface area contributed by atoms with Gasteiger partial charge in [0.05, 0.1) is 6.54 Å². The van der Waals surface area contributed by atoms with Gasteiger partial charge in [0.25, 0.3) is 0 Å². The van der Waals surface area contributed by atoms with E-state index >= 15 is 0 Å². The van der Waals surface area contributed by atoms with E-state index in [-0.39, 0.29) is 12.5 Å². The molecule has 4 nitrogen and oxygen atoms in total. The molecular formula is C8H16N2O2. The third-order valence-electron chi connectivity index (χ3n) is 1.38. The molecule has 0 saturated carbocycles. The lowest BCUT2D eigenvalue weighted by Gasteiger charge is -2.21. The molecule has 0 bridgehead atoms. The standard InChI is InChI=1S/C8H16N2O2/c1-6(2)4-10(7(3)11)5-8(9)12/h6H,4-5H2,1-3H3,(H2,9,12). The molecule has 0 atom stereocenters. The second kappa shape index (κ2) is 4.74. The van der Waals surface area contributed by atoms with Crippen LogP contribution in [0.4, 0.5) is 0 Å². The van der Waals surface area contributed by atoms with Gasteiger partial charge in [0.15, 0.2) is 0 Å². The minimum absolute atomic E-state index is 0.0213. The Hall–Kier alpha value is -1.06. The van der Waals surface area contributed by atoms with Crippen molar-refractivity contribution in [2.75, 3.05) is 13.1 Å². The van der Waals surface area contributed by atoms with Crippen LogP contribution in [0.25, 0.3) is 0 Å². The molecule has 0 aromatic heterocycles. The van der Waals surface area contributed by atoms with Gasteiger partial charge < -0.3 is 10.6 Å². The molecule has 0 aliphatic heterocycles. The summed E-state index contributed by atoms with van der Waals surface area (Å²) < 4.78 is 0. The van der Waals surface area contributed by atoms with E-state index in [1.54, 1.807) is 0 Å². The molecule has 0 aromatic carbocycles. The number of hydrogen-bond acceptors (Lipinski definition) is 2. The van der Waals surface area contributed by atoms with Crippen molar-refractivity contribution < 1.29 is 9.59 Å². The van der Waals surface area contributed by atoms with Crippen LogP contribution < -0.4 is 5.73 Å². The van der Waals surface area contributed by atoms with Gasteiger partial charge in [-0.2, -0.15) is 0 Å². The van der Waals surface area contributed by atoms with Gasteiger partial charge in [-0.3, -0.25) is 9.59 Å². The predicted molar refractivity (Wildman–Crippen MR) is 46.3 cm³/mol. The molecule has 0 radical (unpaired) electrons. The molecule has 2 amide bonds. The number of rotatable bonds is 4. The maximum absolute atomic E-state index is 10.9. The van der Waals surface area contributed by atoms with E-state index in [0.29, 0.717) is 12.5 Å². The van der Waals surface area contributed by atoms with Gasteiger partial charge in [-0.25, -0.2) is 0 Å². The molecule has 0 rings (SSSR count). The Labute approximate surface area is 72.7 Å². The summed E-state index contributed by atoms with van der Waals surface area (Å²) >= 11 is 0. The van der Waals surface area contributed by atoms with Crippen LogP contribution >= 0.6 is 0 Å². The maximum Gasteiger partial charge on any atom is 0.237 e. The molecule has 12 heavy (non-hydrogen) atoms. The second-order valence-electron chi connectivity index (χ2n) is 3.26. The first-order valence-electron chi connectivity index (χ1n) is 3.97. The van der Waals surface area contributed by atoms with Gasteiger partial charge in [0.1, 0.15) is 0 Å². The summed E-state index contributed by atoms with van der Waals surface area (Å²) in [7, 11) is 0. The summed E-state index contributed by atoms with van der Waals surface area (Å²) in [6.45, 7) is 6.00. The number of carbonyl (C=O) groups is 2. The van der Waals surface area contributed by atoms with Crippen LogP contribution in [0.3, 0.4) is 0 Å². The van der Waals surface area contributed by atoms with Crippen LogP contribution in [0.2, 0.25) is 0 Å². The minimum atomic E-state index is -0.467. The summed E-state index contributed by atoms with van der Waals surface area (Å²) in [6, 6.07) is 0. The van der Waals surface area contributed by atoms with Crippen LogP contribution in [0.1, 0.15) is 20.8 Å². The lowest BCUT2D eigenvalue weighted by molar-refractivity contribution is -0.133. The number of carbonyl (C=O) groups excluding carboxylic acids is 2. The summed E-state index contributed by atoms with van der Waals surface area (Å²) in [5.41, 5.74) is 4.97. The number of amides is 2. The normalized spacial score (nSPS) is 10.0. The average Bonchev–Trinajstić information content (AvgIpc) is 1.83. The molecule has 0 aliphatic carbocycles. The highest BCUT2D eigenvalue weighted by Gasteiger charge is 2.12. The van der Waals surface area contributed by atoms with Crippen LogP contribution in [0.15, 0.2) is 0 Å². The van der Waals surface area contributed by atoms with E-state index in [2.05, 4.69) is 0 Å². The highest BCUT2D eigenvalue weighted by molar-refractivity contribution is 5.82. The largest absolute Gasteiger partial charge is 0.368 e. The Morgan fingerprint density at radius 1 is 1.42 bits per heavy atom. The molecule has 2 N–H and O–H groups in total. The quantitative estimate of drug-likeness (QED) is 0.647. The van der Waals surface area contributed by atoms with Crippen LogP contribution in [0, 0.1) is 5.92 Å². The number of primary amides is 1. The van der Waals surface area contributed by atoms with Gasteiger partial charge in [0, 0.05) is 13.5 Å².